The van der Waals surface area contributed by atoms with E-state index < -0.39 is 0 Å². The minimum absolute atomic E-state index is 0.354. The summed E-state index contributed by atoms with van der Waals surface area (Å²) >= 11 is 0. The second kappa shape index (κ2) is 11.9. The first-order valence-corrected chi connectivity index (χ1v) is 5.98. The van der Waals surface area contributed by atoms with Crippen molar-refractivity contribution in [3.05, 3.63) is 6.92 Å². The molecule has 1 radical (unpaired) electrons. The van der Waals surface area contributed by atoms with E-state index in [1.807, 2.05) is 0 Å². The Morgan fingerprint density at radius 2 is 1.53 bits per heavy atom. The third kappa shape index (κ3) is 11.8. The highest BCUT2D eigenvalue weighted by atomic mass is 14.9. The van der Waals surface area contributed by atoms with E-state index in [-0.39, 0.29) is 0 Å². The van der Waals surface area contributed by atoms with Gasteiger partial charge in [-0.1, -0.05) is 0 Å². The van der Waals surface area contributed by atoms with Gasteiger partial charge in [-0.2, -0.15) is 0 Å². The van der Waals surface area contributed by atoms with Crippen molar-refractivity contribution < 1.29 is 0 Å². The van der Waals surface area contributed by atoms with Crippen LogP contribution >= 0.6 is 0 Å². The van der Waals surface area contributed by atoms with E-state index >= 15 is 0 Å². The van der Waals surface area contributed by atoms with Crippen molar-refractivity contribution in [3.63, 3.8) is 0 Å². The molecule has 0 bridgehead atoms. The van der Waals surface area contributed by atoms with Gasteiger partial charge in [0, 0.05) is 6.04 Å². The molecule has 0 aliphatic carbocycles. The predicted molar refractivity (Wildman–Crippen MR) is 66.6 cm³/mol. The molecule has 15 heavy (non-hydrogen) atoms. The summed E-state index contributed by atoms with van der Waals surface area (Å²) in [5.41, 5.74) is 10.8. The maximum Gasteiger partial charge on any atom is 0.00681 e. The third-order valence-corrected chi connectivity index (χ3v) is 2.28. The number of nitrogens with two attached hydrogens (primary N) is 2. The lowest BCUT2D eigenvalue weighted by atomic mass is 10.2. The van der Waals surface area contributed by atoms with E-state index in [0.29, 0.717) is 6.04 Å². The molecule has 0 heterocycles. The van der Waals surface area contributed by atoms with Crippen LogP contribution in [0.3, 0.4) is 0 Å². The molecule has 4 heteroatoms. The minimum Gasteiger partial charge on any atom is -0.330 e. The molecule has 0 spiro atoms. The fourth-order valence-corrected chi connectivity index (χ4v) is 1.34. The van der Waals surface area contributed by atoms with Crippen molar-refractivity contribution in [2.24, 2.45) is 11.5 Å². The molecule has 0 amide bonds. The lowest BCUT2D eigenvalue weighted by molar-refractivity contribution is 0.510. The van der Waals surface area contributed by atoms with Crippen LogP contribution in [0.1, 0.15) is 25.7 Å². The molecular weight excluding hydrogens is 188 g/mol. The monoisotopic (exact) mass is 215 g/mol. The van der Waals surface area contributed by atoms with Crippen LogP contribution in [0.2, 0.25) is 0 Å². The van der Waals surface area contributed by atoms with Gasteiger partial charge in [0.25, 0.3) is 0 Å². The normalized spacial score (nSPS) is 13.0. The van der Waals surface area contributed by atoms with Crippen molar-refractivity contribution in [2.75, 3.05) is 32.7 Å². The Morgan fingerprint density at radius 3 is 2.20 bits per heavy atom. The van der Waals surface area contributed by atoms with E-state index in [4.69, 9.17) is 11.5 Å². The van der Waals surface area contributed by atoms with Crippen LogP contribution in [-0.4, -0.2) is 38.8 Å². The first-order chi connectivity index (χ1) is 7.31. The molecule has 1 atom stereocenters. The maximum atomic E-state index is 5.40. The van der Waals surface area contributed by atoms with Gasteiger partial charge in [-0.15, -0.1) is 0 Å². The molecule has 4 nitrogen and oxygen atoms in total. The standard InChI is InChI=1S/C11H27N4/c1-11(15-10-4-7-13)5-2-8-14-9-3-6-12/h11,14-15H,1-10,12-13H2. The highest BCUT2D eigenvalue weighted by Crippen LogP contribution is 1.94. The SMILES string of the molecule is [CH2]C(CCCNCCCN)NCCCN. The zero-order chi connectivity index (χ0) is 11.4. The van der Waals surface area contributed by atoms with Gasteiger partial charge in [0.2, 0.25) is 0 Å². The first-order valence-electron chi connectivity index (χ1n) is 5.98. The van der Waals surface area contributed by atoms with E-state index in [0.717, 1.165) is 58.4 Å². The Labute approximate surface area is 94.2 Å². The van der Waals surface area contributed by atoms with Crippen molar-refractivity contribution in [2.45, 2.75) is 31.7 Å². The van der Waals surface area contributed by atoms with Crippen LogP contribution in [0, 0.1) is 6.92 Å². The molecule has 0 aromatic carbocycles. The number of hydrogen-bond acceptors (Lipinski definition) is 4. The zero-order valence-corrected chi connectivity index (χ0v) is 9.80. The lowest BCUT2D eigenvalue weighted by Crippen LogP contribution is -2.29. The molecule has 0 aromatic rings. The predicted octanol–water partition coefficient (Wildman–Crippen LogP) is -0.154. The largest absolute Gasteiger partial charge is 0.330 e. The van der Waals surface area contributed by atoms with E-state index in [1.165, 1.54) is 0 Å². The van der Waals surface area contributed by atoms with Crippen LogP contribution < -0.4 is 22.1 Å². The fourth-order valence-electron chi connectivity index (χ4n) is 1.34. The summed E-state index contributed by atoms with van der Waals surface area (Å²) in [6.45, 7) is 8.63. The van der Waals surface area contributed by atoms with Crippen molar-refractivity contribution >= 4 is 0 Å². The lowest BCUT2D eigenvalue weighted by Gasteiger charge is -2.13. The van der Waals surface area contributed by atoms with Gasteiger partial charge >= 0.3 is 0 Å². The summed E-state index contributed by atoms with van der Waals surface area (Å²) in [7, 11) is 0. The van der Waals surface area contributed by atoms with Gasteiger partial charge in [0.15, 0.2) is 0 Å². The Morgan fingerprint density at radius 1 is 0.933 bits per heavy atom. The van der Waals surface area contributed by atoms with E-state index in [1.54, 1.807) is 0 Å². The van der Waals surface area contributed by atoms with Crippen LogP contribution in [0.4, 0.5) is 0 Å². The number of rotatable bonds is 11. The van der Waals surface area contributed by atoms with Gasteiger partial charge in [0.1, 0.15) is 0 Å². The summed E-state index contributed by atoms with van der Waals surface area (Å²) < 4.78 is 0. The fraction of sp³-hybridized carbons (Fsp3) is 0.909. The second-order valence-electron chi connectivity index (χ2n) is 3.83. The summed E-state index contributed by atoms with van der Waals surface area (Å²) in [4.78, 5) is 0. The summed E-state index contributed by atoms with van der Waals surface area (Å²) in [6, 6.07) is 0.354. The van der Waals surface area contributed by atoms with Crippen LogP contribution in [0.15, 0.2) is 0 Å². The molecule has 0 aliphatic heterocycles. The van der Waals surface area contributed by atoms with Gasteiger partial charge in [-0.25, -0.2) is 0 Å². The summed E-state index contributed by atoms with van der Waals surface area (Å²) in [5.74, 6) is 0. The first kappa shape index (κ1) is 14.8. The van der Waals surface area contributed by atoms with Gasteiger partial charge in [0.05, 0.1) is 0 Å². The molecular formula is C11H27N4. The van der Waals surface area contributed by atoms with Crippen molar-refractivity contribution in [3.8, 4) is 0 Å². The number of hydrogen-bond donors (Lipinski definition) is 4. The Balaban J connectivity index is 3.06. The average molecular weight is 215 g/mol. The van der Waals surface area contributed by atoms with Crippen LogP contribution in [0.5, 0.6) is 0 Å². The third-order valence-electron chi connectivity index (χ3n) is 2.28. The molecule has 91 valence electrons. The van der Waals surface area contributed by atoms with Crippen molar-refractivity contribution in [1.29, 1.82) is 0 Å². The van der Waals surface area contributed by atoms with Crippen LogP contribution in [-0.2, 0) is 0 Å². The summed E-state index contributed by atoms with van der Waals surface area (Å²) in [6.07, 6.45) is 4.36. The van der Waals surface area contributed by atoms with Gasteiger partial charge < -0.3 is 22.1 Å². The van der Waals surface area contributed by atoms with E-state index in [9.17, 15) is 0 Å². The molecule has 6 N–H and O–H groups in total. The summed E-state index contributed by atoms with van der Waals surface area (Å²) in [5, 5.41) is 6.70. The zero-order valence-electron chi connectivity index (χ0n) is 9.80. The van der Waals surface area contributed by atoms with Gasteiger partial charge in [-0.3, -0.25) is 0 Å². The van der Waals surface area contributed by atoms with Crippen molar-refractivity contribution in [1.82, 2.24) is 10.6 Å². The average Bonchev–Trinajstić information content (AvgIpc) is 2.23. The smallest absolute Gasteiger partial charge is 0.00681 e. The molecule has 0 saturated carbocycles. The van der Waals surface area contributed by atoms with Crippen LogP contribution in [0.25, 0.3) is 0 Å². The Kier molecular flexibility index (Phi) is 11.8. The molecule has 0 rings (SSSR count). The quantitative estimate of drug-likeness (QED) is 0.361. The molecule has 0 aromatic heterocycles. The second-order valence-corrected chi connectivity index (χ2v) is 3.83. The Bertz CT molecular complexity index is 119. The van der Waals surface area contributed by atoms with Gasteiger partial charge in [-0.05, 0) is 65.3 Å². The van der Waals surface area contributed by atoms with E-state index in [2.05, 4.69) is 17.6 Å². The number of nitrogens with one attached hydrogen (secondary N) is 2. The molecule has 0 fully saturated rings. The molecule has 0 saturated heterocycles. The maximum absolute atomic E-state index is 5.40. The highest BCUT2D eigenvalue weighted by Gasteiger charge is 1.99. The molecule has 1 unspecified atom stereocenters. The molecule has 0 aliphatic rings. The highest BCUT2D eigenvalue weighted by molar-refractivity contribution is 4.69. The topological polar surface area (TPSA) is 76.1 Å². The minimum atomic E-state index is 0.354. The Hall–Kier alpha value is -0.160.